The number of carbonyl (C=O) groups excluding carboxylic acids is 4. The lowest BCUT2D eigenvalue weighted by molar-refractivity contribution is -0.132. The minimum atomic E-state index is -1.01. The van der Waals surface area contributed by atoms with Gasteiger partial charge in [-0.1, -0.05) is 26.0 Å². The standard InChI is InChI=1S/C15H15NO4/c1-9(2)7-12(13(18)8-17)16-14(19)10-5-3-4-6-11(10)15(16)20/h3-6,8-9,12H,7H2,1-2H3/t12-/m0/s1. The lowest BCUT2D eigenvalue weighted by atomic mass is 9.99. The molecular formula is C15H15NO4. The Labute approximate surface area is 116 Å². The Hall–Kier alpha value is -2.30. The van der Waals surface area contributed by atoms with E-state index in [0.29, 0.717) is 0 Å². The molecule has 0 radical (unpaired) electrons. The van der Waals surface area contributed by atoms with Crippen molar-refractivity contribution in [3.8, 4) is 0 Å². The van der Waals surface area contributed by atoms with Crippen LogP contribution in [0.3, 0.4) is 0 Å². The number of ketones is 1. The average molecular weight is 273 g/mol. The molecule has 1 aromatic rings. The van der Waals surface area contributed by atoms with E-state index in [4.69, 9.17) is 0 Å². The molecule has 0 unspecified atom stereocenters. The lowest BCUT2D eigenvalue weighted by Gasteiger charge is -2.24. The zero-order valence-electron chi connectivity index (χ0n) is 11.3. The maximum Gasteiger partial charge on any atom is 0.262 e. The van der Waals surface area contributed by atoms with Gasteiger partial charge in [-0.2, -0.15) is 0 Å². The number of amides is 2. The molecule has 0 spiro atoms. The Bertz CT molecular complexity index is 556. The molecule has 0 aliphatic carbocycles. The second kappa shape index (κ2) is 5.36. The molecule has 0 N–H and O–H groups in total. The molecule has 1 aromatic carbocycles. The monoisotopic (exact) mass is 273 g/mol. The Morgan fingerprint density at radius 3 is 2.05 bits per heavy atom. The second-order valence-electron chi connectivity index (χ2n) is 5.19. The summed E-state index contributed by atoms with van der Waals surface area (Å²) in [5, 5.41) is 0. The molecule has 1 atom stereocenters. The van der Waals surface area contributed by atoms with Gasteiger partial charge in [-0.25, -0.2) is 0 Å². The highest BCUT2D eigenvalue weighted by molar-refractivity contribution is 6.31. The summed E-state index contributed by atoms with van der Waals surface area (Å²) in [6.07, 6.45) is 0.458. The van der Waals surface area contributed by atoms with Crippen molar-refractivity contribution < 1.29 is 19.2 Å². The number of fused-ring (bicyclic) bond motifs is 1. The zero-order chi connectivity index (χ0) is 14.9. The van der Waals surface area contributed by atoms with E-state index in [0.717, 1.165) is 4.90 Å². The molecule has 0 saturated carbocycles. The average Bonchev–Trinajstić information content (AvgIpc) is 2.68. The predicted octanol–water partition coefficient (Wildman–Crippen LogP) is 1.47. The SMILES string of the molecule is CC(C)C[C@@H](C(=O)C=O)N1C(=O)c2ccccc2C1=O. The van der Waals surface area contributed by atoms with Crippen LogP contribution in [-0.2, 0) is 9.59 Å². The topological polar surface area (TPSA) is 71.5 Å². The van der Waals surface area contributed by atoms with Crippen LogP contribution in [0.5, 0.6) is 0 Å². The molecule has 0 saturated heterocycles. The third kappa shape index (κ3) is 2.27. The first-order chi connectivity index (χ1) is 9.47. The van der Waals surface area contributed by atoms with Crippen molar-refractivity contribution in [3.63, 3.8) is 0 Å². The largest absolute Gasteiger partial charge is 0.295 e. The van der Waals surface area contributed by atoms with Crippen LogP contribution in [-0.4, -0.2) is 34.8 Å². The van der Waals surface area contributed by atoms with Gasteiger partial charge in [-0.05, 0) is 24.5 Å². The summed E-state index contributed by atoms with van der Waals surface area (Å²) in [6.45, 7) is 3.73. The number of hydrogen-bond donors (Lipinski definition) is 0. The molecule has 1 heterocycles. The minimum Gasteiger partial charge on any atom is -0.295 e. The summed E-state index contributed by atoms with van der Waals surface area (Å²) in [6, 6.07) is 5.40. The van der Waals surface area contributed by atoms with Crippen LogP contribution < -0.4 is 0 Å². The molecule has 20 heavy (non-hydrogen) atoms. The predicted molar refractivity (Wildman–Crippen MR) is 71.3 cm³/mol. The Morgan fingerprint density at radius 2 is 1.65 bits per heavy atom. The molecule has 104 valence electrons. The molecule has 1 aliphatic rings. The fourth-order valence-electron chi connectivity index (χ4n) is 2.36. The van der Waals surface area contributed by atoms with E-state index >= 15 is 0 Å². The summed E-state index contributed by atoms with van der Waals surface area (Å²) < 4.78 is 0. The summed E-state index contributed by atoms with van der Waals surface area (Å²) in [5.41, 5.74) is 0.565. The molecule has 2 amide bonds. The Balaban J connectivity index is 2.41. The van der Waals surface area contributed by atoms with Crippen LogP contribution >= 0.6 is 0 Å². The minimum absolute atomic E-state index is 0.0770. The fraction of sp³-hybridized carbons (Fsp3) is 0.333. The highest BCUT2D eigenvalue weighted by Gasteiger charge is 2.42. The van der Waals surface area contributed by atoms with E-state index in [2.05, 4.69) is 0 Å². The van der Waals surface area contributed by atoms with Gasteiger partial charge in [-0.3, -0.25) is 24.1 Å². The van der Waals surface area contributed by atoms with Crippen LogP contribution in [0, 0.1) is 5.92 Å². The first-order valence-electron chi connectivity index (χ1n) is 6.43. The molecule has 0 fully saturated rings. The van der Waals surface area contributed by atoms with Crippen molar-refractivity contribution in [2.24, 2.45) is 5.92 Å². The summed E-state index contributed by atoms with van der Waals surface area (Å²) in [4.78, 5) is 48.0. The van der Waals surface area contributed by atoms with E-state index < -0.39 is 23.6 Å². The van der Waals surface area contributed by atoms with Crippen LogP contribution in [0.15, 0.2) is 24.3 Å². The molecule has 5 heteroatoms. The van der Waals surface area contributed by atoms with E-state index in [1.165, 1.54) is 0 Å². The van der Waals surface area contributed by atoms with Crippen LogP contribution in [0.4, 0.5) is 0 Å². The number of imide groups is 1. The van der Waals surface area contributed by atoms with E-state index in [1.807, 2.05) is 13.8 Å². The van der Waals surface area contributed by atoms with Crippen molar-refractivity contribution in [2.45, 2.75) is 26.3 Å². The molecule has 2 rings (SSSR count). The van der Waals surface area contributed by atoms with Crippen LogP contribution in [0.25, 0.3) is 0 Å². The summed E-state index contributed by atoms with van der Waals surface area (Å²) >= 11 is 0. The molecule has 1 aliphatic heterocycles. The van der Waals surface area contributed by atoms with Gasteiger partial charge < -0.3 is 0 Å². The van der Waals surface area contributed by atoms with Gasteiger partial charge in [0.1, 0.15) is 6.04 Å². The molecule has 0 bridgehead atoms. The number of Topliss-reactive ketones (excluding diaryl/α,β-unsaturated/α-hetero) is 1. The highest BCUT2D eigenvalue weighted by atomic mass is 16.2. The van der Waals surface area contributed by atoms with Crippen LogP contribution in [0.1, 0.15) is 41.0 Å². The maximum atomic E-state index is 12.3. The van der Waals surface area contributed by atoms with E-state index in [-0.39, 0.29) is 29.8 Å². The van der Waals surface area contributed by atoms with E-state index in [1.54, 1.807) is 24.3 Å². The number of nitrogens with zero attached hydrogens (tertiary/aromatic N) is 1. The van der Waals surface area contributed by atoms with Gasteiger partial charge in [-0.15, -0.1) is 0 Å². The zero-order valence-corrected chi connectivity index (χ0v) is 11.3. The van der Waals surface area contributed by atoms with Crippen molar-refractivity contribution in [2.75, 3.05) is 0 Å². The van der Waals surface area contributed by atoms with Crippen molar-refractivity contribution >= 4 is 23.9 Å². The second-order valence-corrected chi connectivity index (χ2v) is 5.19. The Morgan fingerprint density at radius 1 is 1.15 bits per heavy atom. The quantitative estimate of drug-likeness (QED) is 0.462. The van der Waals surface area contributed by atoms with Gasteiger partial charge in [0, 0.05) is 0 Å². The third-order valence-electron chi connectivity index (χ3n) is 3.28. The maximum absolute atomic E-state index is 12.3. The number of benzene rings is 1. The summed E-state index contributed by atoms with van der Waals surface area (Å²) in [5.74, 6) is -1.68. The Kier molecular flexibility index (Phi) is 3.79. The highest BCUT2D eigenvalue weighted by Crippen LogP contribution is 2.26. The van der Waals surface area contributed by atoms with Crippen LogP contribution in [0.2, 0.25) is 0 Å². The first kappa shape index (κ1) is 14.1. The molecule has 0 aromatic heterocycles. The van der Waals surface area contributed by atoms with Gasteiger partial charge in [0.05, 0.1) is 11.1 Å². The first-order valence-corrected chi connectivity index (χ1v) is 6.43. The number of carbonyl (C=O) groups is 4. The molecule has 5 nitrogen and oxygen atoms in total. The van der Waals surface area contributed by atoms with E-state index in [9.17, 15) is 19.2 Å². The number of rotatable bonds is 5. The van der Waals surface area contributed by atoms with Crippen molar-refractivity contribution in [1.82, 2.24) is 4.90 Å². The normalized spacial score (nSPS) is 15.4. The van der Waals surface area contributed by atoms with Crippen molar-refractivity contribution in [3.05, 3.63) is 35.4 Å². The molecular weight excluding hydrogens is 258 g/mol. The van der Waals surface area contributed by atoms with Gasteiger partial charge in [0.25, 0.3) is 11.8 Å². The van der Waals surface area contributed by atoms with Gasteiger partial charge in [0.2, 0.25) is 5.78 Å². The van der Waals surface area contributed by atoms with Gasteiger partial charge in [0.15, 0.2) is 6.29 Å². The smallest absolute Gasteiger partial charge is 0.262 e. The third-order valence-corrected chi connectivity index (χ3v) is 3.28. The number of hydrogen-bond acceptors (Lipinski definition) is 4. The van der Waals surface area contributed by atoms with Crippen molar-refractivity contribution in [1.29, 1.82) is 0 Å². The fourth-order valence-corrected chi connectivity index (χ4v) is 2.36. The lowest BCUT2D eigenvalue weighted by Crippen LogP contribution is -2.46. The summed E-state index contributed by atoms with van der Waals surface area (Å²) in [7, 11) is 0. The van der Waals surface area contributed by atoms with Gasteiger partial charge >= 0.3 is 0 Å². The number of aldehydes is 1.